The number of hydrogen-bond donors (Lipinski definition) is 0. The zero-order valence-electron chi connectivity index (χ0n) is 15.7. The Morgan fingerprint density at radius 3 is 2.69 bits per heavy atom. The molecular weight excluding hydrogens is 322 g/mol. The van der Waals surface area contributed by atoms with Gasteiger partial charge in [0.25, 0.3) is 0 Å². The number of carbonyl (C=O) groups is 1. The highest BCUT2D eigenvalue weighted by Crippen LogP contribution is 2.33. The van der Waals surface area contributed by atoms with Crippen LogP contribution in [-0.4, -0.2) is 22.0 Å². The van der Waals surface area contributed by atoms with Crippen LogP contribution in [0, 0.1) is 13.8 Å². The lowest BCUT2D eigenvalue weighted by Gasteiger charge is -2.18. The lowest BCUT2D eigenvalue weighted by atomic mass is 10.1. The van der Waals surface area contributed by atoms with Gasteiger partial charge in [0.1, 0.15) is 5.82 Å². The van der Waals surface area contributed by atoms with Gasteiger partial charge in [-0.2, -0.15) is 0 Å². The molecule has 0 N–H and O–H groups in total. The second kappa shape index (κ2) is 6.60. The van der Waals surface area contributed by atoms with Crippen LogP contribution < -0.4 is 4.90 Å². The number of benzene rings is 2. The first-order chi connectivity index (χ1) is 12.6. The Balaban J connectivity index is 1.69. The van der Waals surface area contributed by atoms with Gasteiger partial charge in [-0.3, -0.25) is 4.79 Å². The van der Waals surface area contributed by atoms with E-state index in [1.165, 1.54) is 16.6 Å². The topological polar surface area (TPSA) is 38.1 Å². The van der Waals surface area contributed by atoms with Crippen molar-refractivity contribution in [2.75, 3.05) is 11.4 Å². The van der Waals surface area contributed by atoms with Gasteiger partial charge in [0.2, 0.25) is 5.91 Å². The number of carbonyl (C=O) groups excluding carboxylic acids is 1. The van der Waals surface area contributed by atoms with Crippen molar-refractivity contribution in [3.63, 3.8) is 0 Å². The van der Waals surface area contributed by atoms with Crippen LogP contribution in [0.4, 0.5) is 5.69 Å². The number of aromatic nitrogens is 2. The quantitative estimate of drug-likeness (QED) is 0.693. The number of imidazole rings is 1. The summed E-state index contributed by atoms with van der Waals surface area (Å²) in [4.78, 5) is 19.5. The normalized spacial score (nSPS) is 17.4. The Hall–Kier alpha value is -2.62. The minimum absolute atomic E-state index is 0.142. The van der Waals surface area contributed by atoms with E-state index in [1.807, 2.05) is 11.0 Å². The molecule has 0 bridgehead atoms. The highest BCUT2D eigenvalue weighted by atomic mass is 16.2. The number of anilines is 1. The van der Waals surface area contributed by atoms with Crippen molar-refractivity contribution in [1.82, 2.24) is 9.55 Å². The van der Waals surface area contributed by atoms with E-state index in [4.69, 9.17) is 4.98 Å². The Morgan fingerprint density at radius 1 is 1.12 bits per heavy atom. The first kappa shape index (κ1) is 16.8. The summed E-state index contributed by atoms with van der Waals surface area (Å²) in [5.41, 5.74) is 5.66. The molecule has 4 nitrogen and oxygen atoms in total. The summed E-state index contributed by atoms with van der Waals surface area (Å²) in [6.07, 6.45) is 1.58. The number of para-hydroxylation sites is 2. The average Bonchev–Trinajstić information content (AvgIpc) is 3.19. The molecule has 1 aliphatic heterocycles. The van der Waals surface area contributed by atoms with Crippen molar-refractivity contribution < 1.29 is 4.79 Å². The number of hydrogen-bond acceptors (Lipinski definition) is 2. The summed E-state index contributed by atoms with van der Waals surface area (Å²) in [6.45, 7) is 8.01. The van der Waals surface area contributed by atoms with Gasteiger partial charge in [-0.15, -0.1) is 0 Å². The van der Waals surface area contributed by atoms with Gasteiger partial charge in [0, 0.05) is 31.1 Å². The van der Waals surface area contributed by atoms with E-state index in [1.54, 1.807) is 0 Å². The van der Waals surface area contributed by atoms with Crippen LogP contribution in [0.3, 0.4) is 0 Å². The third kappa shape index (κ3) is 2.79. The first-order valence-electron chi connectivity index (χ1n) is 9.41. The molecule has 1 fully saturated rings. The molecule has 0 aliphatic carbocycles. The summed E-state index contributed by atoms with van der Waals surface area (Å²) >= 11 is 0. The Kier molecular flexibility index (Phi) is 4.27. The second-order valence-corrected chi connectivity index (χ2v) is 7.28. The maximum absolute atomic E-state index is 12.7. The smallest absolute Gasteiger partial charge is 0.227 e. The third-order valence-electron chi connectivity index (χ3n) is 5.42. The molecule has 1 atom stereocenters. The fraction of sp³-hybridized carbons (Fsp3) is 0.364. The first-order valence-corrected chi connectivity index (χ1v) is 9.41. The summed E-state index contributed by atoms with van der Waals surface area (Å²) in [5.74, 6) is 1.38. The fourth-order valence-electron chi connectivity index (χ4n) is 3.89. The minimum Gasteiger partial charge on any atom is -0.328 e. The lowest BCUT2D eigenvalue weighted by molar-refractivity contribution is -0.117. The molecule has 2 aromatic carbocycles. The predicted molar refractivity (Wildman–Crippen MR) is 106 cm³/mol. The summed E-state index contributed by atoms with van der Waals surface area (Å²) in [7, 11) is 0. The maximum Gasteiger partial charge on any atom is 0.227 e. The van der Waals surface area contributed by atoms with Gasteiger partial charge < -0.3 is 9.47 Å². The van der Waals surface area contributed by atoms with E-state index in [0.29, 0.717) is 13.0 Å². The molecule has 0 unspecified atom stereocenters. The fourth-order valence-corrected chi connectivity index (χ4v) is 3.89. The molecule has 1 saturated heterocycles. The highest BCUT2D eigenvalue weighted by Gasteiger charge is 2.34. The Morgan fingerprint density at radius 2 is 1.92 bits per heavy atom. The van der Waals surface area contributed by atoms with E-state index < -0.39 is 0 Å². The van der Waals surface area contributed by atoms with Crippen LogP contribution in [0.5, 0.6) is 0 Å². The molecule has 4 rings (SSSR count). The summed E-state index contributed by atoms with van der Waals surface area (Å²) in [5, 5.41) is 0. The van der Waals surface area contributed by atoms with E-state index in [9.17, 15) is 4.79 Å². The van der Waals surface area contributed by atoms with Crippen molar-refractivity contribution in [3.8, 4) is 0 Å². The van der Waals surface area contributed by atoms with Crippen molar-refractivity contribution in [2.45, 2.75) is 46.1 Å². The standard InChI is InChI=1S/C22H25N3O/c1-4-11-24-20-8-6-5-7-19(20)23-22(24)17-13-21(26)25(14-17)18-10-9-15(2)16(3)12-18/h5-10,12,17H,4,11,13-14H2,1-3H3/t17-/m1/s1. The number of aryl methyl sites for hydroxylation is 3. The van der Waals surface area contributed by atoms with Crippen molar-refractivity contribution in [2.24, 2.45) is 0 Å². The van der Waals surface area contributed by atoms with Crippen LogP contribution in [-0.2, 0) is 11.3 Å². The van der Waals surface area contributed by atoms with Gasteiger partial charge >= 0.3 is 0 Å². The molecule has 0 spiro atoms. The van der Waals surface area contributed by atoms with Crippen LogP contribution in [0.2, 0.25) is 0 Å². The van der Waals surface area contributed by atoms with Crippen LogP contribution >= 0.6 is 0 Å². The van der Waals surface area contributed by atoms with E-state index in [2.05, 4.69) is 61.7 Å². The number of fused-ring (bicyclic) bond motifs is 1. The molecule has 0 radical (unpaired) electrons. The molecule has 1 aromatic heterocycles. The number of nitrogens with zero attached hydrogens (tertiary/aromatic N) is 3. The van der Waals surface area contributed by atoms with Gasteiger partial charge in [0.05, 0.1) is 11.0 Å². The minimum atomic E-state index is 0.142. The monoisotopic (exact) mass is 347 g/mol. The predicted octanol–water partition coefficient (Wildman–Crippen LogP) is 4.58. The zero-order valence-corrected chi connectivity index (χ0v) is 15.7. The molecule has 0 saturated carbocycles. The van der Waals surface area contributed by atoms with Gasteiger partial charge in [-0.1, -0.05) is 25.1 Å². The molecule has 3 aromatic rings. The van der Waals surface area contributed by atoms with Crippen molar-refractivity contribution in [1.29, 1.82) is 0 Å². The largest absolute Gasteiger partial charge is 0.328 e. The van der Waals surface area contributed by atoms with Gasteiger partial charge in [-0.05, 0) is 55.7 Å². The Labute approximate surface area is 154 Å². The number of amides is 1. The van der Waals surface area contributed by atoms with Crippen LogP contribution in [0.15, 0.2) is 42.5 Å². The van der Waals surface area contributed by atoms with E-state index >= 15 is 0 Å². The summed E-state index contributed by atoms with van der Waals surface area (Å²) < 4.78 is 2.30. The van der Waals surface area contributed by atoms with Crippen molar-refractivity contribution >= 4 is 22.6 Å². The molecule has 26 heavy (non-hydrogen) atoms. The van der Waals surface area contributed by atoms with Crippen molar-refractivity contribution in [3.05, 3.63) is 59.4 Å². The molecule has 1 amide bonds. The summed E-state index contributed by atoms with van der Waals surface area (Å²) in [6, 6.07) is 14.5. The number of rotatable bonds is 4. The SMILES string of the molecule is CCCn1c([C@@H]2CC(=O)N(c3ccc(C)c(C)c3)C2)nc2ccccc21. The van der Waals surface area contributed by atoms with E-state index in [-0.39, 0.29) is 11.8 Å². The molecule has 2 heterocycles. The average molecular weight is 347 g/mol. The maximum atomic E-state index is 12.7. The zero-order chi connectivity index (χ0) is 18.3. The lowest BCUT2D eigenvalue weighted by Crippen LogP contribution is -2.24. The molecule has 134 valence electrons. The van der Waals surface area contributed by atoms with Crippen LogP contribution in [0.25, 0.3) is 11.0 Å². The Bertz CT molecular complexity index is 973. The molecule has 4 heteroatoms. The molecular formula is C22H25N3O. The van der Waals surface area contributed by atoms with Gasteiger partial charge in [-0.25, -0.2) is 4.98 Å². The highest BCUT2D eigenvalue weighted by molar-refractivity contribution is 5.96. The third-order valence-corrected chi connectivity index (χ3v) is 5.42. The van der Waals surface area contributed by atoms with E-state index in [0.717, 1.165) is 30.0 Å². The van der Waals surface area contributed by atoms with Gasteiger partial charge in [0.15, 0.2) is 0 Å². The second-order valence-electron chi connectivity index (χ2n) is 7.28. The van der Waals surface area contributed by atoms with Crippen LogP contribution in [0.1, 0.15) is 42.6 Å². The molecule has 1 aliphatic rings.